The third kappa shape index (κ3) is 16.4. The van der Waals surface area contributed by atoms with Crippen molar-refractivity contribution in [3.63, 3.8) is 0 Å². The molecule has 0 heterocycles. The van der Waals surface area contributed by atoms with Gasteiger partial charge in [0, 0.05) is 17.8 Å². The lowest BCUT2D eigenvalue weighted by Crippen LogP contribution is -2.46. The maximum absolute atomic E-state index is 5.36. The van der Waals surface area contributed by atoms with E-state index in [0.29, 0.717) is 12.1 Å². The van der Waals surface area contributed by atoms with E-state index in [9.17, 15) is 0 Å². The second-order valence-corrected chi connectivity index (χ2v) is 12.8. The lowest BCUT2D eigenvalue weighted by atomic mass is 9.70. The molecule has 0 radical (unpaired) electrons. The van der Waals surface area contributed by atoms with Crippen molar-refractivity contribution in [2.24, 2.45) is 35.3 Å². The Bertz CT molecular complexity index is 815. The molecule has 0 aromatic heterocycles. The van der Waals surface area contributed by atoms with E-state index in [2.05, 4.69) is 104 Å². The highest BCUT2D eigenvalue weighted by atomic mass is 15.2. The van der Waals surface area contributed by atoms with Gasteiger partial charge in [-0.3, -0.25) is 4.90 Å². The first kappa shape index (κ1) is 39.2. The van der Waals surface area contributed by atoms with Crippen LogP contribution in [0.3, 0.4) is 0 Å². The molecule has 0 aromatic carbocycles. The molecule has 0 saturated heterocycles. The molecule has 2 N–H and O–H groups in total. The van der Waals surface area contributed by atoms with Gasteiger partial charge in [0.15, 0.2) is 0 Å². The van der Waals surface area contributed by atoms with E-state index in [1.807, 2.05) is 19.9 Å². The van der Waals surface area contributed by atoms with Crippen LogP contribution >= 0.6 is 0 Å². The van der Waals surface area contributed by atoms with Gasteiger partial charge in [0.05, 0.1) is 0 Å². The molecule has 0 amide bonds. The van der Waals surface area contributed by atoms with Crippen molar-refractivity contribution in [1.82, 2.24) is 4.90 Å². The third-order valence-corrected chi connectivity index (χ3v) is 9.51. The summed E-state index contributed by atoms with van der Waals surface area (Å²) >= 11 is 0. The number of likely N-dealkylation sites (N-methyl/N-ethyl adjacent to an activating group) is 1. The Morgan fingerprint density at radius 1 is 1.02 bits per heavy atom. The summed E-state index contributed by atoms with van der Waals surface area (Å²) in [6.07, 6.45) is 27.6. The minimum absolute atomic E-state index is 0.471. The molecule has 2 aliphatic rings. The molecular formula is C39H70N2. The molecule has 0 aliphatic heterocycles. The van der Waals surface area contributed by atoms with Gasteiger partial charge in [-0.15, -0.1) is 0 Å². The molecule has 236 valence electrons. The van der Waals surface area contributed by atoms with E-state index in [1.54, 1.807) is 0 Å². The molecule has 2 aliphatic carbocycles. The zero-order valence-electron chi connectivity index (χ0n) is 28.9. The monoisotopic (exact) mass is 567 g/mol. The average molecular weight is 567 g/mol. The lowest BCUT2D eigenvalue weighted by molar-refractivity contribution is 0.0653. The van der Waals surface area contributed by atoms with Gasteiger partial charge in [-0.2, -0.15) is 0 Å². The van der Waals surface area contributed by atoms with E-state index in [1.165, 1.54) is 62.5 Å². The molecular weight excluding hydrogens is 496 g/mol. The zero-order valence-corrected chi connectivity index (χ0v) is 28.9. The standard InChI is InChI=1S/C29H49N.C8H15N.C2H6/c1-8-10-12-25(6)30(7)29-20-23(4)28(19-24(29)5)18-16-22(3)15-17-27-14-11-13-26(9-2)21-27;1-4-7(2)5-6-8(3)9;1-2/h8,10,12,15-17,23-29H,1,9,11,13-14,18-21H2,2-7H3;2-6,9H2,1H3;1-2H3/b12-10-,17-15+,22-16+;;. The largest absolute Gasteiger partial charge is 0.403 e. The SMILES string of the molecule is C=C(N)CCC(=C)CC.C=C/C=C\C(C)N(C)C1CC(C)C(C/C=C(C)/C=C/C2CCCC(CC)C2)CC1C.CC. The molecule has 0 spiro atoms. The van der Waals surface area contributed by atoms with Gasteiger partial charge in [0.25, 0.3) is 0 Å². The molecule has 2 nitrogen and oxygen atoms in total. The Hall–Kier alpha value is -1.80. The number of hydrogen-bond donors (Lipinski definition) is 1. The van der Waals surface area contributed by atoms with Crippen LogP contribution in [0.25, 0.3) is 0 Å². The Labute approximate surface area is 258 Å². The highest BCUT2D eigenvalue weighted by Crippen LogP contribution is 2.39. The number of nitrogens with zero attached hydrogens (tertiary/aromatic N) is 1. The Morgan fingerprint density at radius 3 is 2.29 bits per heavy atom. The summed E-state index contributed by atoms with van der Waals surface area (Å²) in [4.78, 5) is 2.58. The number of rotatable bonds is 13. The van der Waals surface area contributed by atoms with Crippen molar-refractivity contribution < 1.29 is 0 Å². The van der Waals surface area contributed by atoms with Crippen molar-refractivity contribution in [2.75, 3.05) is 7.05 Å². The first-order chi connectivity index (χ1) is 19.5. The number of hydrogen-bond acceptors (Lipinski definition) is 2. The molecule has 0 aromatic rings. The summed E-state index contributed by atoms with van der Waals surface area (Å²) in [5.74, 6) is 4.15. The van der Waals surface area contributed by atoms with Crippen molar-refractivity contribution >= 4 is 0 Å². The first-order valence-corrected chi connectivity index (χ1v) is 17.0. The van der Waals surface area contributed by atoms with Crippen LogP contribution in [-0.4, -0.2) is 24.0 Å². The smallest absolute Gasteiger partial charge is 0.0252 e. The molecule has 2 heteroatoms. The fourth-order valence-corrected chi connectivity index (χ4v) is 6.33. The molecule has 7 atom stereocenters. The first-order valence-electron chi connectivity index (χ1n) is 17.0. The van der Waals surface area contributed by atoms with Gasteiger partial charge in [0.2, 0.25) is 0 Å². The second kappa shape index (κ2) is 22.8. The topological polar surface area (TPSA) is 29.3 Å². The van der Waals surface area contributed by atoms with Crippen LogP contribution in [-0.2, 0) is 0 Å². The summed E-state index contributed by atoms with van der Waals surface area (Å²) in [5.41, 5.74) is 8.83. The minimum Gasteiger partial charge on any atom is -0.403 e. The maximum atomic E-state index is 5.36. The summed E-state index contributed by atoms with van der Waals surface area (Å²) in [7, 11) is 2.30. The predicted molar refractivity (Wildman–Crippen MR) is 188 cm³/mol. The lowest BCUT2D eigenvalue weighted by Gasteiger charge is -2.44. The second-order valence-electron chi connectivity index (χ2n) is 12.8. The van der Waals surface area contributed by atoms with E-state index in [4.69, 9.17) is 5.73 Å². The fraction of sp³-hybridized carbons (Fsp3) is 0.692. The normalized spacial score (nSPS) is 27.5. The quantitative estimate of drug-likeness (QED) is 0.177. The molecule has 7 unspecified atom stereocenters. The Morgan fingerprint density at radius 2 is 1.71 bits per heavy atom. The van der Waals surface area contributed by atoms with E-state index < -0.39 is 0 Å². The average Bonchev–Trinajstić information content (AvgIpc) is 2.98. The van der Waals surface area contributed by atoms with Gasteiger partial charge in [-0.1, -0.05) is 128 Å². The van der Waals surface area contributed by atoms with Gasteiger partial charge >= 0.3 is 0 Å². The Balaban J connectivity index is 0.00000124. The van der Waals surface area contributed by atoms with Crippen LogP contribution in [0, 0.1) is 29.6 Å². The van der Waals surface area contributed by atoms with Gasteiger partial charge in [-0.05, 0) is 102 Å². The Kier molecular flexibility index (Phi) is 21.8. The molecule has 2 saturated carbocycles. The summed E-state index contributed by atoms with van der Waals surface area (Å²) in [6, 6.07) is 1.15. The predicted octanol–water partition coefficient (Wildman–Crippen LogP) is 11.4. The molecule has 0 bridgehead atoms. The minimum atomic E-state index is 0.471. The highest BCUT2D eigenvalue weighted by molar-refractivity contribution is 5.17. The van der Waals surface area contributed by atoms with E-state index >= 15 is 0 Å². The van der Waals surface area contributed by atoms with Crippen LogP contribution in [0.5, 0.6) is 0 Å². The van der Waals surface area contributed by atoms with Crippen LogP contribution in [0.15, 0.2) is 73.0 Å². The van der Waals surface area contributed by atoms with Gasteiger partial charge in [-0.25, -0.2) is 0 Å². The zero-order chi connectivity index (χ0) is 31.4. The van der Waals surface area contributed by atoms with Crippen LogP contribution in [0.4, 0.5) is 0 Å². The van der Waals surface area contributed by atoms with E-state index in [0.717, 1.165) is 54.5 Å². The number of allylic oxidation sites excluding steroid dienone is 8. The summed E-state index contributed by atoms with van der Waals surface area (Å²) in [5, 5.41) is 0. The van der Waals surface area contributed by atoms with Crippen molar-refractivity contribution in [3.05, 3.63) is 73.0 Å². The molecule has 41 heavy (non-hydrogen) atoms. The maximum Gasteiger partial charge on any atom is 0.0252 e. The van der Waals surface area contributed by atoms with Crippen LogP contribution in [0.2, 0.25) is 0 Å². The third-order valence-electron chi connectivity index (χ3n) is 9.51. The van der Waals surface area contributed by atoms with Crippen molar-refractivity contribution in [1.29, 1.82) is 0 Å². The highest BCUT2D eigenvalue weighted by Gasteiger charge is 2.35. The fourth-order valence-electron chi connectivity index (χ4n) is 6.33. The van der Waals surface area contributed by atoms with E-state index in [-0.39, 0.29) is 0 Å². The van der Waals surface area contributed by atoms with Crippen molar-refractivity contribution in [3.8, 4) is 0 Å². The molecule has 2 fully saturated rings. The molecule has 2 rings (SSSR count). The summed E-state index contributed by atoms with van der Waals surface area (Å²) in [6.45, 7) is 29.3. The summed E-state index contributed by atoms with van der Waals surface area (Å²) < 4.78 is 0. The number of nitrogens with two attached hydrogens (primary N) is 1. The van der Waals surface area contributed by atoms with Crippen LogP contribution < -0.4 is 5.73 Å². The van der Waals surface area contributed by atoms with Gasteiger partial charge in [0.1, 0.15) is 0 Å². The van der Waals surface area contributed by atoms with Crippen molar-refractivity contribution in [2.45, 2.75) is 138 Å². The van der Waals surface area contributed by atoms with Crippen LogP contribution in [0.1, 0.15) is 126 Å². The van der Waals surface area contributed by atoms with Gasteiger partial charge < -0.3 is 5.73 Å².